The highest BCUT2D eigenvalue weighted by Crippen LogP contribution is 2.51. The number of anilines is 1. The smallest absolute Gasteiger partial charge is 0.268 e. The Morgan fingerprint density at radius 3 is 2.66 bits per heavy atom. The zero-order chi connectivity index (χ0) is 24.3. The van der Waals surface area contributed by atoms with E-state index in [-0.39, 0.29) is 28.7 Å². The Kier molecular flexibility index (Phi) is 5.07. The van der Waals surface area contributed by atoms with Crippen LogP contribution in [-0.4, -0.2) is 29.5 Å². The number of carbonyl (C=O) groups excluding carboxylic acids is 1. The monoisotopic (exact) mass is 472 g/mol. The topological polar surface area (TPSA) is 92.3 Å². The van der Waals surface area contributed by atoms with Gasteiger partial charge in [-0.25, -0.2) is 4.99 Å². The Bertz CT molecular complexity index is 1440. The number of rotatable bonds is 3. The van der Waals surface area contributed by atoms with E-state index in [1.165, 1.54) is 11.3 Å². The minimum atomic E-state index is -2.07. The van der Waals surface area contributed by atoms with E-state index >= 15 is 0 Å². The summed E-state index contributed by atoms with van der Waals surface area (Å²) in [5.74, 6) is -0.0967. The Balaban J connectivity index is 1.59. The van der Waals surface area contributed by atoms with Gasteiger partial charge in [0.1, 0.15) is 5.58 Å². The van der Waals surface area contributed by atoms with Gasteiger partial charge in [0.05, 0.1) is 22.7 Å². The molecule has 1 aromatic heterocycles. The molecule has 0 saturated heterocycles. The van der Waals surface area contributed by atoms with Crippen molar-refractivity contribution in [2.24, 2.45) is 4.99 Å². The standard InChI is InChI=1S/C28H28N2O5/c1-3-30-20-12-8-7-11-19(20)28(33,27(30)32)25-22-23(31)18-15-16(2)13-14-21(18)34-24(22)26(35-25)29-17-9-5-4-6-10-17/h7-8,11-15,17,25,33H,3-6,9-10H2,1-2H3/t25-,28-/m1/s1. The van der Waals surface area contributed by atoms with Crippen molar-refractivity contribution in [1.29, 1.82) is 0 Å². The van der Waals surface area contributed by atoms with Crippen molar-refractivity contribution >= 4 is 28.5 Å². The minimum Gasteiger partial charge on any atom is -0.463 e. The van der Waals surface area contributed by atoms with E-state index < -0.39 is 17.6 Å². The lowest BCUT2D eigenvalue weighted by molar-refractivity contribution is -0.148. The van der Waals surface area contributed by atoms with Crippen molar-refractivity contribution < 1.29 is 19.1 Å². The number of fused-ring (bicyclic) bond motifs is 3. The highest BCUT2D eigenvalue weighted by molar-refractivity contribution is 6.09. The second kappa shape index (κ2) is 8.05. The number of ether oxygens (including phenoxy) is 1. The lowest BCUT2D eigenvalue weighted by Crippen LogP contribution is -2.45. The maximum atomic E-state index is 13.9. The van der Waals surface area contributed by atoms with Crippen molar-refractivity contribution in [1.82, 2.24) is 0 Å². The van der Waals surface area contributed by atoms with Crippen LogP contribution in [0.5, 0.6) is 0 Å². The molecule has 1 fully saturated rings. The molecular weight excluding hydrogens is 444 g/mol. The maximum absolute atomic E-state index is 13.9. The molecule has 180 valence electrons. The normalized spacial score (nSPS) is 25.2. The van der Waals surface area contributed by atoms with Crippen molar-refractivity contribution in [3.63, 3.8) is 0 Å². The molecule has 3 aromatic rings. The summed E-state index contributed by atoms with van der Waals surface area (Å²) in [6.45, 7) is 4.14. The highest BCUT2D eigenvalue weighted by Gasteiger charge is 2.60. The summed E-state index contributed by atoms with van der Waals surface area (Å²) in [5.41, 5.74) is 0.155. The van der Waals surface area contributed by atoms with Crippen LogP contribution < -0.4 is 10.3 Å². The molecule has 35 heavy (non-hydrogen) atoms. The average molecular weight is 473 g/mol. The molecule has 1 aliphatic carbocycles. The maximum Gasteiger partial charge on any atom is 0.268 e. The summed E-state index contributed by atoms with van der Waals surface area (Å²) in [4.78, 5) is 33.9. The summed E-state index contributed by atoms with van der Waals surface area (Å²) in [5, 5.41) is 12.5. The molecule has 7 nitrogen and oxygen atoms in total. The van der Waals surface area contributed by atoms with Gasteiger partial charge < -0.3 is 19.2 Å². The number of aliphatic hydroxyl groups is 1. The fourth-order valence-electron chi connectivity index (χ4n) is 5.73. The molecule has 3 heterocycles. The van der Waals surface area contributed by atoms with E-state index in [2.05, 4.69) is 0 Å². The van der Waals surface area contributed by atoms with E-state index in [1.807, 2.05) is 26.0 Å². The zero-order valence-electron chi connectivity index (χ0n) is 19.9. The van der Waals surface area contributed by atoms with Crippen LogP contribution in [0.1, 0.15) is 67.6 Å². The van der Waals surface area contributed by atoms with Crippen molar-refractivity contribution in [3.8, 4) is 0 Å². The molecule has 2 aliphatic heterocycles. The molecule has 6 rings (SSSR count). The summed E-state index contributed by atoms with van der Waals surface area (Å²) in [6.07, 6.45) is 3.95. The number of hydrogen-bond donors (Lipinski definition) is 1. The predicted octanol–water partition coefficient (Wildman–Crippen LogP) is 4.51. The van der Waals surface area contributed by atoms with Gasteiger partial charge in [0, 0.05) is 12.1 Å². The minimum absolute atomic E-state index is 0.0534. The predicted molar refractivity (Wildman–Crippen MR) is 133 cm³/mol. The third-order valence-corrected chi connectivity index (χ3v) is 7.51. The van der Waals surface area contributed by atoms with Gasteiger partial charge in [-0.2, -0.15) is 0 Å². The van der Waals surface area contributed by atoms with Crippen LogP contribution >= 0.6 is 0 Å². The summed E-state index contributed by atoms with van der Waals surface area (Å²) in [6, 6.07) is 12.6. The number of amides is 1. The lowest BCUT2D eigenvalue weighted by Gasteiger charge is -2.28. The molecule has 7 heteroatoms. The molecule has 2 aromatic carbocycles. The SMILES string of the molecule is CCN1C(=O)[C@](O)([C@@H]2OC(=NC3CCCCC3)c3oc4ccc(C)cc4c(=O)c32)c2ccccc21. The lowest BCUT2D eigenvalue weighted by atomic mass is 9.85. The first-order valence-electron chi connectivity index (χ1n) is 12.4. The Hall–Kier alpha value is -3.45. The van der Waals surface area contributed by atoms with Gasteiger partial charge in [-0.1, -0.05) is 49.1 Å². The van der Waals surface area contributed by atoms with Crippen LogP contribution in [0.15, 0.2) is 56.7 Å². The highest BCUT2D eigenvalue weighted by atomic mass is 16.5. The number of nitrogens with zero attached hydrogens (tertiary/aromatic N) is 2. The number of carbonyl (C=O) groups is 1. The zero-order valence-corrected chi connectivity index (χ0v) is 19.9. The van der Waals surface area contributed by atoms with Gasteiger partial charge >= 0.3 is 0 Å². The van der Waals surface area contributed by atoms with Crippen LogP contribution in [-0.2, 0) is 15.1 Å². The number of para-hydroxylation sites is 1. The van der Waals surface area contributed by atoms with Crippen LogP contribution in [0, 0.1) is 6.92 Å². The first kappa shape index (κ1) is 22.0. The van der Waals surface area contributed by atoms with Crippen LogP contribution in [0.3, 0.4) is 0 Å². The summed E-state index contributed by atoms with van der Waals surface area (Å²) in [7, 11) is 0. The number of aryl methyl sites for hydroxylation is 1. The van der Waals surface area contributed by atoms with Gasteiger partial charge in [0.15, 0.2) is 11.9 Å². The van der Waals surface area contributed by atoms with E-state index in [1.54, 1.807) is 30.3 Å². The van der Waals surface area contributed by atoms with Gasteiger partial charge in [0.25, 0.3) is 11.8 Å². The van der Waals surface area contributed by atoms with E-state index in [9.17, 15) is 14.7 Å². The molecule has 0 unspecified atom stereocenters. The third-order valence-electron chi connectivity index (χ3n) is 7.51. The Morgan fingerprint density at radius 2 is 1.89 bits per heavy atom. The molecule has 3 aliphatic rings. The van der Waals surface area contributed by atoms with Crippen LogP contribution in [0.25, 0.3) is 11.0 Å². The Labute approximate surface area is 203 Å². The molecule has 0 spiro atoms. The number of benzene rings is 2. The first-order valence-corrected chi connectivity index (χ1v) is 12.4. The Morgan fingerprint density at radius 1 is 1.11 bits per heavy atom. The van der Waals surface area contributed by atoms with Gasteiger partial charge in [0.2, 0.25) is 11.0 Å². The fourth-order valence-corrected chi connectivity index (χ4v) is 5.73. The van der Waals surface area contributed by atoms with Gasteiger partial charge in [-0.05, 0) is 44.9 Å². The third kappa shape index (κ3) is 3.18. The van der Waals surface area contributed by atoms with Crippen molar-refractivity contribution in [3.05, 3.63) is 75.1 Å². The van der Waals surface area contributed by atoms with E-state index in [0.717, 1.165) is 31.2 Å². The number of likely N-dealkylation sites (N-methyl/N-ethyl adjacent to an activating group) is 1. The van der Waals surface area contributed by atoms with E-state index in [0.29, 0.717) is 28.8 Å². The quantitative estimate of drug-likeness (QED) is 0.606. The second-order valence-electron chi connectivity index (χ2n) is 9.73. The molecule has 1 saturated carbocycles. The molecule has 0 radical (unpaired) electrons. The molecule has 1 N–H and O–H groups in total. The number of hydrogen-bond acceptors (Lipinski definition) is 6. The molecule has 2 atom stereocenters. The van der Waals surface area contributed by atoms with Crippen LogP contribution in [0.4, 0.5) is 5.69 Å². The second-order valence-corrected chi connectivity index (χ2v) is 9.73. The number of aliphatic imine (C=N–C) groups is 1. The van der Waals surface area contributed by atoms with Crippen LogP contribution in [0.2, 0.25) is 0 Å². The van der Waals surface area contributed by atoms with E-state index in [4.69, 9.17) is 14.1 Å². The largest absolute Gasteiger partial charge is 0.463 e. The summed E-state index contributed by atoms with van der Waals surface area (Å²) < 4.78 is 12.5. The molecular formula is C28H28N2O5. The van der Waals surface area contributed by atoms with Crippen molar-refractivity contribution in [2.75, 3.05) is 11.4 Å². The molecule has 0 bridgehead atoms. The summed E-state index contributed by atoms with van der Waals surface area (Å²) >= 11 is 0. The molecule has 1 amide bonds. The fraction of sp³-hybridized carbons (Fsp3) is 0.393. The van der Waals surface area contributed by atoms with Gasteiger partial charge in [-0.15, -0.1) is 0 Å². The van der Waals surface area contributed by atoms with Gasteiger partial charge in [-0.3, -0.25) is 9.59 Å². The first-order chi connectivity index (χ1) is 16.9. The van der Waals surface area contributed by atoms with Crippen molar-refractivity contribution in [2.45, 2.75) is 63.7 Å². The average Bonchev–Trinajstić information content (AvgIpc) is 3.34.